The van der Waals surface area contributed by atoms with Gasteiger partial charge in [-0.3, -0.25) is 9.59 Å². The van der Waals surface area contributed by atoms with Crippen molar-refractivity contribution < 1.29 is 19.1 Å². The molecule has 0 spiro atoms. The highest BCUT2D eigenvalue weighted by atomic mass is 79.9. The van der Waals surface area contributed by atoms with Gasteiger partial charge in [0.05, 0.1) is 24.6 Å². The molecule has 1 aliphatic heterocycles. The number of esters is 1. The van der Waals surface area contributed by atoms with Crippen LogP contribution in [0.1, 0.15) is 12.8 Å². The first-order valence-corrected chi connectivity index (χ1v) is 8.22. The molecule has 1 saturated heterocycles. The van der Waals surface area contributed by atoms with Crippen molar-refractivity contribution in [2.24, 2.45) is 23.7 Å². The molecule has 0 unspecified atom stereocenters. The Morgan fingerprint density at radius 1 is 1.41 bits per heavy atom. The van der Waals surface area contributed by atoms with Crippen LogP contribution in [0.3, 0.4) is 0 Å². The molecule has 3 fully saturated rings. The number of rotatable bonds is 3. The predicted octanol–water partition coefficient (Wildman–Crippen LogP) is 2.59. The van der Waals surface area contributed by atoms with Gasteiger partial charge < -0.3 is 14.8 Å². The standard InChI is InChI=1S/C16H16BrNO4/c1-21-12-6-8(17)2-3-10(12)18-15(19)13-7-4-9-11(5-7)22-16(20)14(9)13/h2-3,6-7,9,11,13-14H,4-5H2,1H3,(H,18,19)/t7-,9+,11-,13-,14-/m1/s1. The first-order chi connectivity index (χ1) is 10.6. The quantitative estimate of drug-likeness (QED) is 0.836. The molecule has 0 aromatic heterocycles. The molecule has 1 N–H and O–H groups in total. The number of carbonyl (C=O) groups excluding carboxylic acids is 2. The lowest BCUT2D eigenvalue weighted by molar-refractivity contribution is -0.145. The summed E-state index contributed by atoms with van der Waals surface area (Å²) in [5, 5.41) is 2.93. The number of fused-ring (bicyclic) bond motifs is 1. The van der Waals surface area contributed by atoms with Crippen LogP contribution in [0, 0.1) is 23.7 Å². The molecule has 6 heteroatoms. The van der Waals surface area contributed by atoms with Crippen molar-refractivity contribution in [1.82, 2.24) is 0 Å². The maximum absolute atomic E-state index is 12.7. The van der Waals surface area contributed by atoms with Gasteiger partial charge in [-0.15, -0.1) is 0 Å². The van der Waals surface area contributed by atoms with Crippen LogP contribution >= 0.6 is 15.9 Å². The van der Waals surface area contributed by atoms with E-state index in [1.54, 1.807) is 19.2 Å². The topological polar surface area (TPSA) is 64.6 Å². The Hall–Kier alpha value is -1.56. The highest BCUT2D eigenvalue weighted by Crippen LogP contribution is 2.57. The average Bonchev–Trinajstić information content (AvgIpc) is 3.10. The Morgan fingerprint density at radius 3 is 3.00 bits per heavy atom. The van der Waals surface area contributed by atoms with Crippen LogP contribution in [0.15, 0.2) is 22.7 Å². The fraction of sp³-hybridized carbons (Fsp3) is 0.500. The Bertz CT molecular complexity index is 660. The van der Waals surface area contributed by atoms with E-state index in [9.17, 15) is 9.59 Å². The third kappa shape index (κ3) is 1.96. The molecule has 2 bridgehead atoms. The molecule has 0 radical (unpaired) electrons. The van der Waals surface area contributed by atoms with Crippen molar-refractivity contribution in [3.63, 3.8) is 0 Å². The van der Waals surface area contributed by atoms with Gasteiger partial charge in [0, 0.05) is 10.4 Å². The van der Waals surface area contributed by atoms with Gasteiger partial charge in [0.25, 0.3) is 0 Å². The number of ether oxygens (including phenoxy) is 2. The van der Waals surface area contributed by atoms with Gasteiger partial charge in [-0.2, -0.15) is 0 Å². The normalized spacial score (nSPS) is 34.6. The highest BCUT2D eigenvalue weighted by Gasteiger charge is 2.63. The van der Waals surface area contributed by atoms with Gasteiger partial charge in [0.1, 0.15) is 11.9 Å². The fourth-order valence-corrected chi connectivity index (χ4v) is 4.69. The van der Waals surface area contributed by atoms with E-state index in [1.165, 1.54) is 0 Å². The monoisotopic (exact) mass is 365 g/mol. The number of hydrogen-bond acceptors (Lipinski definition) is 4. The number of hydrogen-bond donors (Lipinski definition) is 1. The van der Waals surface area contributed by atoms with Crippen LogP contribution in [0.2, 0.25) is 0 Å². The minimum atomic E-state index is -0.274. The van der Waals surface area contributed by atoms with Crippen LogP contribution < -0.4 is 10.1 Å². The molecule has 1 aromatic rings. The van der Waals surface area contributed by atoms with Gasteiger partial charge in [-0.05, 0) is 37.0 Å². The lowest BCUT2D eigenvalue weighted by Gasteiger charge is -2.24. The van der Waals surface area contributed by atoms with Crippen molar-refractivity contribution in [2.45, 2.75) is 18.9 Å². The van der Waals surface area contributed by atoms with E-state index in [-0.39, 0.29) is 41.7 Å². The highest BCUT2D eigenvalue weighted by molar-refractivity contribution is 9.10. The summed E-state index contributed by atoms with van der Waals surface area (Å²) in [5.41, 5.74) is 0.626. The zero-order valence-electron chi connectivity index (χ0n) is 12.0. The van der Waals surface area contributed by atoms with Gasteiger partial charge in [0.15, 0.2) is 0 Å². The molecule has 3 aliphatic rings. The summed E-state index contributed by atoms with van der Waals surface area (Å²) in [6.45, 7) is 0. The van der Waals surface area contributed by atoms with Gasteiger partial charge >= 0.3 is 5.97 Å². The zero-order valence-corrected chi connectivity index (χ0v) is 13.6. The summed E-state index contributed by atoms with van der Waals surface area (Å²) in [6, 6.07) is 5.44. The summed E-state index contributed by atoms with van der Waals surface area (Å²) in [7, 11) is 1.56. The SMILES string of the molecule is COc1cc(Br)ccc1NC(=O)[C@@H]1[C@@H]2C[C@@H]3[C@H]1C(=O)O[C@@H]3C2. The Labute approximate surface area is 136 Å². The number of carbonyl (C=O) groups is 2. The lowest BCUT2D eigenvalue weighted by Crippen LogP contribution is -2.35. The van der Waals surface area contributed by atoms with Crippen molar-refractivity contribution in [1.29, 1.82) is 0 Å². The number of amides is 1. The maximum Gasteiger partial charge on any atom is 0.310 e. The number of halogens is 1. The van der Waals surface area contributed by atoms with Crippen molar-refractivity contribution in [3.05, 3.63) is 22.7 Å². The van der Waals surface area contributed by atoms with E-state index < -0.39 is 0 Å². The van der Waals surface area contributed by atoms with Crippen molar-refractivity contribution in [2.75, 3.05) is 12.4 Å². The largest absolute Gasteiger partial charge is 0.495 e. The van der Waals surface area contributed by atoms with Crippen LogP contribution in [-0.4, -0.2) is 25.1 Å². The number of methoxy groups -OCH3 is 1. The zero-order chi connectivity index (χ0) is 15.4. The van der Waals surface area contributed by atoms with E-state index in [2.05, 4.69) is 21.2 Å². The summed E-state index contributed by atoms with van der Waals surface area (Å²) < 4.78 is 11.6. The van der Waals surface area contributed by atoms with Crippen LogP contribution in [0.5, 0.6) is 5.75 Å². The van der Waals surface area contributed by atoms with Crippen molar-refractivity contribution >= 4 is 33.5 Å². The second-order valence-corrected chi connectivity index (χ2v) is 7.17. The van der Waals surface area contributed by atoms with E-state index in [0.717, 1.165) is 17.3 Å². The second kappa shape index (κ2) is 4.98. The van der Waals surface area contributed by atoms with E-state index in [1.807, 2.05) is 6.07 Å². The predicted molar refractivity (Wildman–Crippen MR) is 82.4 cm³/mol. The van der Waals surface area contributed by atoms with Gasteiger partial charge in [-0.25, -0.2) is 0 Å². The average molecular weight is 366 g/mol. The van der Waals surface area contributed by atoms with Crippen molar-refractivity contribution in [3.8, 4) is 5.75 Å². The van der Waals surface area contributed by atoms with Crippen LogP contribution in [0.4, 0.5) is 5.69 Å². The molecule has 1 amide bonds. The molecule has 4 rings (SSSR count). The summed E-state index contributed by atoms with van der Waals surface area (Å²) in [6.07, 6.45) is 1.80. The van der Waals surface area contributed by atoms with E-state index in [4.69, 9.17) is 9.47 Å². The summed E-state index contributed by atoms with van der Waals surface area (Å²) in [5.74, 6) is 0.258. The Morgan fingerprint density at radius 2 is 2.23 bits per heavy atom. The lowest BCUT2D eigenvalue weighted by atomic mass is 9.79. The smallest absolute Gasteiger partial charge is 0.310 e. The molecule has 2 aliphatic carbocycles. The Kier molecular flexibility index (Phi) is 3.18. The number of nitrogens with one attached hydrogen (secondary N) is 1. The molecular weight excluding hydrogens is 350 g/mol. The molecule has 2 saturated carbocycles. The van der Waals surface area contributed by atoms with Gasteiger partial charge in [0.2, 0.25) is 5.91 Å². The summed E-state index contributed by atoms with van der Waals surface area (Å²) >= 11 is 3.38. The number of benzene rings is 1. The maximum atomic E-state index is 12.7. The van der Waals surface area contributed by atoms with E-state index in [0.29, 0.717) is 11.4 Å². The first-order valence-electron chi connectivity index (χ1n) is 7.43. The molecule has 5 nitrogen and oxygen atoms in total. The number of anilines is 1. The van der Waals surface area contributed by atoms with Crippen LogP contribution in [-0.2, 0) is 14.3 Å². The molecular formula is C16H16BrNO4. The summed E-state index contributed by atoms with van der Waals surface area (Å²) in [4.78, 5) is 24.7. The fourth-order valence-electron chi connectivity index (χ4n) is 4.35. The molecule has 116 valence electrons. The Balaban J connectivity index is 1.57. The molecule has 5 atom stereocenters. The molecule has 1 aromatic carbocycles. The second-order valence-electron chi connectivity index (χ2n) is 6.26. The minimum Gasteiger partial charge on any atom is -0.495 e. The van der Waals surface area contributed by atoms with Crippen LogP contribution in [0.25, 0.3) is 0 Å². The molecule has 22 heavy (non-hydrogen) atoms. The third-order valence-electron chi connectivity index (χ3n) is 5.21. The first kappa shape index (κ1) is 14.1. The third-order valence-corrected chi connectivity index (χ3v) is 5.70. The molecule has 1 heterocycles. The van der Waals surface area contributed by atoms with Gasteiger partial charge in [-0.1, -0.05) is 15.9 Å². The van der Waals surface area contributed by atoms with E-state index >= 15 is 0 Å². The minimum absolute atomic E-state index is 0.0498.